The van der Waals surface area contributed by atoms with E-state index in [1.165, 1.54) is 0 Å². The summed E-state index contributed by atoms with van der Waals surface area (Å²) in [4.78, 5) is 17.7. The second-order valence-corrected chi connectivity index (χ2v) is 5.30. The number of likely N-dealkylation sites (tertiary alicyclic amines) is 1. The average Bonchev–Trinajstić information content (AvgIpc) is 3.10. The number of carbonyl (C=O) groups excluding carboxylic acids is 1. The summed E-state index contributed by atoms with van der Waals surface area (Å²) in [5.74, 6) is 0.236. The van der Waals surface area contributed by atoms with Gasteiger partial charge in [-0.05, 0) is 25.0 Å². The topological polar surface area (TPSA) is 57.4 Å². The number of ether oxygens (including phenoxy) is 1. The van der Waals surface area contributed by atoms with Crippen molar-refractivity contribution in [3.05, 3.63) is 24.0 Å². The molecule has 2 N–H and O–H groups in total. The highest BCUT2D eigenvalue weighted by atomic mass is 16.5. The Labute approximate surface area is 113 Å². The van der Waals surface area contributed by atoms with E-state index in [0.29, 0.717) is 13.0 Å². The van der Waals surface area contributed by atoms with Crippen molar-refractivity contribution in [3.8, 4) is 0 Å². The van der Waals surface area contributed by atoms with Crippen LogP contribution in [-0.4, -0.2) is 48.1 Å². The molecule has 3 rings (SSSR count). The molecule has 5 heteroatoms. The number of morpholine rings is 1. The average molecular weight is 263 g/mol. The second kappa shape index (κ2) is 5.75. The zero-order chi connectivity index (χ0) is 13.1. The number of hydrogen-bond donors (Lipinski definition) is 2. The van der Waals surface area contributed by atoms with Crippen LogP contribution in [0.4, 0.5) is 0 Å². The van der Waals surface area contributed by atoms with Crippen molar-refractivity contribution in [2.24, 2.45) is 0 Å². The van der Waals surface area contributed by atoms with Crippen molar-refractivity contribution >= 4 is 5.91 Å². The first-order chi connectivity index (χ1) is 9.34. The zero-order valence-corrected chi connectivity index (χ0v) is 11.1. The molecule has 0 bridgehead atoms. The van der Waals surface area contributed by atoms with Crippen LogP contribution in [0.1, 0.15) is 31.0 Å². The van der Waals surface area contributed by atoms with E-state index in [4.69, 9.17) is 4.74 Å². The highest BCUT2D eigenvalue weighted by Gasteiger charge is 2.31. The lowest BCUT2D eigenvalue weighted by atomic mass is 10.1. The van der Waals surface area contributed by atoms with Gasteiger partial charge in [-0.25, -0.2) is 0 Å². The van der Waals surface area contributed by atoms with Crippen LogP contribution in [0, 0.1) is 0 Å². The van der Waals surface area contributed by atoms with Crippen LogP contribution in [0.3, 0.4) is 0 Å². The van der Waals surface area contributed by atoms with E-state index in [-0.39, 0.29) is 18.0 Å². The van der Waals surface area contributed by atoms with E-state index >= 15 is 0 Å². The maximum absolute atomic E-state index is 12.4. The molecule has 1 aromatic rings. The number of rotatable bonds is 3. The highest BCUT2D eigenvalue weighted by Crippen LogP contribution is 2.31. The van der Waals surface area contributed by atoms with Gasteiger partial charge in [0.1, 0.15) is 0 Å². The molecule has 2 fully saturated rings. The van der Waals surface area contributed by atoms with Crippen LogP contribution in [-0.2, 0) is 9.53 Å². The number of amides is 1. The van der Waals surface area contributed by atoms with Gasteiger partial charge in [-0.3, -0.25) is 4.79 Å². The molecule has 2 unspecified atom stereocenters. The van der Waals surface area contributed by atoms with Crippen molar-refractivity contribution in [2.45, 2.75) is 31.3 Å². The molecule has 1 amide bonds. The lowest BCUT2D eigenvalue weighted by Crippen LogP contribution is -2.45. The Morgan fingerprint density at radius 2 is 2.47 bits per heavy atom. The second-order valence-electron chi connectivity index (χ2n) is 5.30. The van der Waals surface area contributed by atoms with Gasteiger partial charge < -0.3 is 19.9 Å². The van der Waals surface area contributed by atoms with Gasteiger partial charge in [-0.2, -0.15) is 0 Å². The number of aromatic nitrogens is 1. The summed E-state index contributed by atoms with van der Waals surface area (Å²) in [5.41, 5.74) is 1.15. The third kappa shape index (κ3) is 2.82. The van der Waals surface area contributed by atoms with Gasteiger partial charge in [-0.15, -0.1) is 0 Å². The van der Waals surface area contributed by atoms with Crippen LogP contribution in [0.5, 0.6) is 0 Å². The van der Waals surface area contributed by atoms with Gasteiger partial charge in [0.15, 0.2) is 0 Å². The number of carbonyl (C=O) groups is 1. The molecule has 0 spiro atoms. The normalized spacial score (nSPS) is 27.7. The first-order valence-corrected chi connectivity index (χ1v) is 7.08. The predicted molar refractivity (Wildman–Crippen MR) is 71.7 cm³/mol. The molecule has 5 nitrogen and oxygen atoms in total. The minimum Gasteiger partial charge on any atom is -0.378 e. The smallest absolute Gasteiger partial charge is 0.224 e. The molecule has 19 heavy (non-hydrogen) atoms. The lowest BCUT2D eigenvalue weighted by molar-refractivity contribution is -0.133. The van der Waals surface area contributed by atoms with Gasteiger partial charge in [0.05, 0.1) is 19.3 Å². The molecule has 2 saturated heterocycles. The van der Waals surface area contributed by atoms with E-state index in [0.717, 1.165) is 38.2 Å². The van der Waals surface area contributed by atoms with E-state index in [1.54, 1.807) is 0 Å². The fourth-order valence-electron chi connectivity index (χ4n) is 3.02. The van der Waals surface area contributed by atoms with E-state index in [9.17, 15) is 4.79 Å². The van der Waals surface area contributed by atoms with Crippen LogP contribution >= 0.6 is 0 Å². The Morgan fingerprint density at radius 1 is 1.53 bits per heavy atom. The Morgan fingerprint density at radius 3 is 3.21 bits per heavy atom. The summed E-state index contributed by atoms with van der Waals surface area (Å²) < 4.78 is 5.41. The molecule has 0 radical (unpaired) electrons. The monoisotopic (exact) mass is 263 g/mol. The van der Waals surface area contributed by atoms with E-state index in [1.807, 2.05) is 17.2 Å². The molecule has 104 valence electrons. The predicted octanol–water partition coefficient (Wildman–Crippen LogP) is 1.06. The standard InChI is InChI=1S/C14H21N3O2/c18-14(9-11-10-19-8-6-15-11)17-7-2-4-13(17)12-3-1-5-16-12/h1,3,5,11,13,15-16H,2,4,6-10H2. The minimum absolute atomic E-state index is 0.172. The summed E-state index contributed by atoms with van der Waals surface area (Å²) >= 11 is 0. The van der Waals surface area contributed by atoms with Crippen molar-refractivity contribution in [2.75, 3.05) is 26.3 Å². The van der Waals surface area contributed by atoms with Crippen LogP contribution in [0.25, 0.3) is 0 Å². The third-order valence-electron chi connectivity index (χ3n) is 3.97. The Bertz CT molecular complexity index is 412. The van der Waals surface area contributed by atoms with E-state index in [2.05, 4.69) is 16.4 Å². The van der Waals surface area contributed by atoms with Gasteiger partial charge >= 0.3 is 0 Å². The molecule has 0 aliphatic carbocycles. The fourth-order valence-corrected chi connectivity index (χ4v) is 3.02. The summed E-state index contributed by atoms with van der Waals surface area (Å²) in [6.45, 7) is 3.11. The number of H-pyrrole nitrogens is 1. The molecule has 0 saturated carbocycles. The minimum atomic E-state index is 0.172. The first-order valence-electron chi connectivity index (χ1n) is 7.08. The van der Waals surface area contributed by atoms with Gasteiger partial charge in [0, 0.05) is 37.4 Å². The van der Waals surface area contributed by atoms with E-state index < -0.39 is 0 Å². The van der Waals surface area contributed by atoms with Crippen molar-refractivity contribution in [1.82, 2.24) is 15.2 Å². The zero-order valence-electron chi connectivity index (χ0n) is 11.1. The summed E-state index contributed by atoms with van der Waals surface area (Å²) in [6, 6.07) is 4.46. The molecular weight excluding hydrogens is 242 g/mol. The molecule has 1 aromatic heterocycles. The van der Waals surface area contributed by atoms with Crippen molar-refractivity contribution < 1.29 is 9.53 Å². The van der Waals surface area contributed by atoms with Crippen LogP contribution in [0.15, 0.2) is 18.3 Å². The molecular formula is C14H21N3O2. The summed E-state index contributed by atoms with van der Waals surface area (Å²) in [7, 11) is 0. The largest absolute Gasteiger partial charge is 0.378 e. The number of nitrogens with zero attached hydrogens (tertiary/aromatic N) is 1. The quantitative estimate of drug-likeness (QED) is 0.857. The molecule has 2 aliphatic rings. The third-order valence-corrected chi connectivity index (χ3v) is 3.97. The number of hydrogen-bond acceptors (Lipinski definition) is 3. The van der Waals surface area contributed by atoms with Crippen LogP contribution < -0.4 is 5.32 Å². The fraction of sp³-hybridized carbons (Fsp3) is 0.643. The molecule has 0 aromatic carbocycles. The molecule has 2 aliphatic heterocycles. The maximum atomic E-state index is 12.4. The SMILES string of the molecule is O=C(CC1COCCN1)N1CCCC1c1ccc[nH]1. The van der Waals surface area contributed by atoms with Gasteiger partial charge in [0.2, 0.25) is 5.91 Å². The Balaban J connectivity index is 1.62. The number of aromatic amines is 1. The van der Waals surface area contributed by atoms with Crippen molar-refractivity contribution in [3.63, 3.8) is 0 Å². The lowest BCUT2D eigenvalue weighted by Gasteiger charge is -2.28. The highest BCUT2D eigenvalue weighted by molar-refractivity contribution is 5.77. The van der Waals surface area contributed by atoms with Crippen molar-refractivity contribution in [1.29, 1.82) is 0 Å². The Kier molecular flexibility index (Phi) is 3.84. The number of nitrogens with one attached hydrogen (secondary N) is 2. The summed E-state index contributed by atoms with van der Waals surface area (Å²) in [5, 5.41) is 3.34. The summed E-state index contributed by atoms with van der Waals surface area (Å²) in [6.07, 6.45) is 4.61. The van der Waals surface area contributed by atoms with Gasteiger partial charge in [0.25, 0.3) is 0 Å². The molecule has 2 atom stereocenters. The Hall–Kier alpha value is -1.33. The van der Waals surface area contributed by atoms with Crippen LogP contribution in [0.2, 0.25) is 0 Å². The maximum Gasteiger partial charge on any atom is 0.224 e. The first kappa shape index (κ1) is 12.7. The van der Waals surface area contributed by atoms with Gasteiger partial charge in [-0.1, -0.05) is 0 Å². The molecule has 3 heterocycles.